The fraction of sp³-hybridized carbons (Fsp3) is 0.385. The third-order valence-corrected chi connectivity index (χ3v) is 2.67. The van der Waals surface area contributed by atoms with Crippen molar-refractivity contribution in [2.45, 2.75) is 13.1 Å². The van der Waals surface area contributed by atoms with E-state index in [4.69, 9.17) is 5.26 Å². The number of rotatable bonds is 4. The number of anilines is 1. The molecule has 2 N–H and O–H groups in total. The predicted molar refractivity (Wildman–Crippen MR) is 67.9 cm³/mol. The van der Waals surface area contributed by atoms with Crippen molar-refractivity contribution in [2.75, 3.05) is 18.9 Å². The van der Waals surface area contributed by atoms with Gasteiger partial charge in [0.15, 0.2) is 0 Å². The Bertz CT molecular complexity index is 535. The van der Waals surface area contributed by atoms with Gasteiger partial charge < -0.3 is 10.6 Å². The van der Waals surface area contributed by atoms with Crippen molar-refractivity contribution in [1.82, 2.24) is 5.32 Å². The minimum atomic E-state index is -4.64. The Balaban J connectivity index is 3.07. The second-order valence-electron chi connectivity index (χ2n) is 4.32. The van der Waals surface area contributed by atoms with Crippen LogP contribution in [0.1, 0.15) is 18.1 Å². The molecule has 1 atom stereocenters. The first-order valence-corrected chi connectivity index (χ1v) is 5.86. The van der Waals surface area contributed by atoms with Gasteiger partial charge in [0.1, 0.15) is 0 Å². The van der Waals surface area contributed by atoms with Crippen LogP contribution in [0.2, 0.25) is 0 Å². The predicted octanol–water partition coefficient (Wildman–Crippen LogP) is 2.37. The summed E-state index contributed by atoms with van der Waals surface area (Å²) >= 11 is 0. The van der Waals surface area contributed by atoms with Gasteiger partial charge in [-0.3, -0.25) is 4.79 Å². The van der Waals surface area contributed by atoms with Crippen molar-refractivity contribution in [3.63, 3.8) is 0 Å². The summed E-state index contributed by atoms with van der Waals surface area (Å²) < 4.78 is 38.7. The Morgan fingerprint density at radius 3 is 2.60 bits per heavy atom. The molecule has 7 heteroatoms. The molecule has 1 aromatic carbocycles. The van der Waals surface area contributed by atoms with Gasteiger partial charge in [-0.05, 0) is 25.2 Å². The van der Waals surface area contributed by atoms with Crippen LogP contribution in [0.4, 0.5) is 18.9 Å². The highest BCUT2D eigenvalue weighted by molar-refractivity contribution is 5.93. The van der Waals surface area contributed by atoms with Crippen LogP contribution in [-0.4, -0.2) is 19.5 Å². The van der Waals surface area contributed by atoms with E-state index in [1.165, 1.54) is 6.07 Å². The van der Waals surface area contributed by atoms with E-state index < -0.39 is 23.6 Å². The highest BCUT2D eigenvalue weighted by Crippen LogP contribution is 2.35. The third kappa shape index (κ3) is 3.96. The Labute approximate surface area is 114 Å². The number of amides is 1. The molecule has 0 bridgehead atoms. The highest BCUT2D eigenvalue weighted by Gasteiger charge is 2.34. The van der Waals surface area contributed by atoms with Crippen LogP contribution in [0, 0.1) is 17.2 Å². The lowest BCUT2D eigenvalue weighted by Gasteiger charge is -2.16. The van der Waals surface area contributed by atoms with Gasteiger partial charge in [0, 0.05) is 12.5 Å². The molecule has 1 amide bonds. The fourth-order valence-corrected chi connectivity index (χ4v) is 1.61. The second-order valence-corrected chi connectivity index (χ2v) is 4.32. The standard InChI is InChI=1S/C13H14F3N3O/c1-8(7-18-2)12(20)19-11-4-3-9(6-17)5-10(11)13(14,15)16/h3-5,8,18H,7H2,1-2H3,(H,19,20). The summed E-state index contributed by atoms with van der Waals surface area (Å²) in [7, 11) is 1.65. The molecule has 1 aromatic rings. The maximum atomic E-state index is 12.9. The smallest absolute Gasteiger partial charge is 0.325 e. The summed E-state index contributed by atoms with van der Waals surface area (Å²) in [6.45, 7) is 1.95. The van der Waals surface area contributed by atoms with E-state index in [0.29, 0.717) is 6.54 Å². The van der Waals surface area contributed by atoms with E-state index in [1.807, 2.05) is 0 Å². The Morgan fingerprint density at radius 1 is 1.45 bits per heavy atom. The van der Waals surface area contributed by atoms with Crippen molar-refractivity contribution in [1.29, 1.82) is 5.26 Å². The van der Waals surface area contributed by atoms with Crippen molar-refractivity contribution < 1.29 is 18.0 Å². The van der Waals surface area contributed by atoms with Gasteiger partial charge in [-0.1, -0.05) is 6.92 Å². The van der Waals surface area contributed by atoms with Crippen LogP contribution in [0.25, 0.3) is 0 Å². The molecular formula is C13H14F3N3O. The van der Waals surface area contributed by atoms with E-state index in [2.05, 4.69) is 10.6 Å². The van der Waals surface area contributed by atoms with E-state index in [9.17, 15) is 18.0 Å². The zero-order valence-corrected chi connectivity index (χ0v) is 11.0. The second kappa shape index (κ2) is 6.39. The number of carbonyl (C=O) groups excluding carboxylic acids is 1. The Kier molecular flexibility index (Phi) is 5.11. The van der Waals surface area contributed by atoms with Crippen molar-refractivity contribution in [3.05, 3.63) is 29.3 Å². The minimum Gasteiger partial charge on any atom is -0.325 e. The molecule has 1 unspecified atom stereocenters. The first-order chi connectivity index (χ1) is 9.29. The molecule has 1 rings (SSSR count). The summed E-state index contributed by atoms with van der Waals surface area (Å²) in [6.07, 6.45) is -4.64. The van der Waals surface area contributed by atoms with Crippen molar-refractivity contribution >= 4 is 11.6 Å². The van der Waals surface area contributed by atoms with Crippen LogP contribution >= 0.6 is 0 Å². The lowest BCUT2D eigenvalue weighted by molar-refractivity contribution is -0.137. The van der Waals surface area contributed by atoms with E-state index in [0.717, 1.165) is 12.1 Å². The maximum Gasteiger partial charge on any atom is 0.418 e. The van der Waals surface area contributed by atoms with Gasteiger partial charge in [-0.25, -0.2) is 0 Å². The molecule has 20 heavy (non-hydrogen) atoms. The molecule has 0 aliphatic rings. The number of hydrogen-bond acceptors (Lipinski definition) is 3. The molecule has 0 spiro atoms. The van der Waals surface area contributed by atoms with Gasteiger partial charge in [-0.2, -0.15) is 18.4 Å². The van der Waals surface area contributed by atoms with Gasteiger partial charge in [0.05, 0.1) is 22.9 Å². The van der Waals surface area contributed by atoms with Crippen LogP contribution in [0.5, 0.6) is 0 Å². The molecule has 0 fully saturated rings. The number of benzene rings is 1. The fourth-order valence-electron chi connectivity index (χ4n) is 1.61. The number of nitrogens with one attached hydrogen (secondary N) is 2. The van der Waals surface area contributed by atoms with Gasteiger partial charge >= 0.3 is 6.18 Å². The van der Waals surface area contributed by atoms with Crippen LogP contribution in [-0.2, 0) is 11.0 Å². The van der Waals surface area contributed by atoms with Gasteiger partial charge in [0.2, 0.25) is 5.91 Å². The van der Waals surface area contributed by atoms with Gasteiger partial charge in [-0.15, -0.1) is 0 Å². The average molecular weight is 285 g/mol. The van der Waals surface area contributed by atoms with Crippen LogP contribution < -0.4 is 10.6 Å². The normalized spacial score (nSPS) is 12.6. The average Bonchev–Trinajstić information content (AvgIpc) is 2.38. The Hall–Kier alpha value is -2.07. The summed E-state index contributed by atoms with van der Waals surface area (Å²) in [5.41, 5.74) is -1.48. The number of alkyl halides is 3. The maximum absolute atomic E-state index is 12.9. The largest absolute Gasteiger partial charge is 0.418 e. The molecule has 4 nitrogen and oxygen atoms in total. The van der Waals surface area contributed by atoms with E-state index >= 15 is 0 Å². The molecule has 0 radical (unpaired) electrons. The summed E-state index contributed by atoms with van der Waals surface area (Å²) in [6, 6.07) is 4.68. The molecule has 0 aliphatic carbocycles. The summed E-state index contributed by atoms with van der Waals surface area (Å²) in [4.78, 5) is 11.8. The number of nitrogens with zero attached hydrogens (tertiary/aromatic N) is 1. The quantitative estimate of drug-likeness (QED) is 0.892. The molecule has 0 aromatic heterocycles. The third-order valence-electron chi connectivity index (χ3n) is 2.67. The van der Waals surface area contributed by atoms with Gasteiger partial charge in [0.25, 0.3) is 0 Å². The topological polar surface area (TPSA) is 64.9 Å². The van der Waals surface area contributed by atoms with E-state index in [-0.39, 0.29) is 11.3 Å². The summed E-state index contributed by atoms with van der Waals surface area (Å²) in [5.74, 6) is -0.994. The lowest BCUT2D eigenvalue weighted by Crippen LogP contribution is -2.29. The minimum absolute atomic E-state index is 0.112. The first kappa shape index (κ1) is 16.0. The number of carbonyl (C=O) groups is 1. The van der Waals surface area contributed by atoms with Crippen molar-refractivity contribution in [2.24, 2.45) is 5.92 Å². The number of halogens is 3. The highest BCUT2D eigenvalue weighted by atomic mass is 19.4. The number of nitriles is 1. The SMILES string of the molecule is CNCC(C)C(=O)Nc1ccc(C#N)cc1C(F)(F)F. The zero-order chi connectivity index (χ0) is 15.3. The zero-order valence-electron chi connectivity index (χ0n) is 11.0. The summed E-state index contributed by atoms with van der Waals surface area (Å²) in [5, 5.41) is 13.7. The van der Waals surface area contributed by atoms with Crippen molar-refractivity contribution in [3.8, 4) is 6.07 Å². The molecule has 0 aliphatic heterocycles. The molecule has 108 valence electrons. The number of hydrogen-bond donors (Lipinski definition) is 2. The molecule has 0 heterocycles. The van der Waals surface area contributed by atoms with Crippen LogP contribution in [0.3, 0.4) is 0 Å². The first-order valence-electron chi connectivity index (χ1n) is 5.86. The molecule has 0 saturated heterocycles. The molecular weight excluding hydrogens is 271 g/mol. The van der Waals surface area contributed by atoms with E-state index in [1.54, 1.807) is 20.0 Å². The van der Waals surface area contributed by atoms with Crippen LogP contribution in [0.15, 0.2) is 18.2 Å². The lowest BCUT2D eigenvalue weighted by atomic mass is 10.1. The Morgan fingerprint density at radius 2 is 2.10 bits per heavy atom. The monoisotopic (exact) mass is 285 g/mol. The molecule has 0 saturated carbocycles.